The lowest BCUT2D eigenvalue weighted by Gasteiger charge is -2.30. The first-order valence-corrected chi connectivity index (χ1v) is 11.4. The number of furan rings is 1. The number of anilines is 2. The van der Waals surface area contributed by atoms with Crippen molar-refractivity contribution in [3.8, 4) is 11.3 Å². The summed E-state index contributed by atoms with van der Waals surface area (Å²) in [7, 11) is 0. The molecule has 0 atom stereocenters. The van der Waals surface area contributed by atoms with Crippen molar-refractivity contribution in [2.75, 3.05) is 36.5 Å². The van der Waals surface area contributed by atoms with Crippen molar-refractivity contribution in [3.63, 3.8) is 0 Å². The minimum absolute atomic E-state index is 0.169. The van der Waals surface area contributed by atoms with Crippen molar-refractivity contribution in [1.29, 1.82) is 0 Å². The number of benzene rings is 2. The fourth-order valence-corrected chi connectivity index (χ4v) is 3.87. The van der Waals surface area contributed by atoms with Crippen LogP contribution < -0.4 is 15.5 Å². The summed E-state index contributed by atoms with van der Waals surface area (Å²) in [5.74, 6) is 0.839. The molecule has 0 bridgehead atoms. The Labute approximate surface area is 207 Å². The first kappa shape index (κ1) is 23.3. The summed E-state index contributed by atoms with van der Waals surface area (Å²) in [6.45, 7) is 2.83. The van der Waals surface area contributed by atoms with Crippen LogP contribution in [0.1, 0.15) is 5.76 Å². The molecule has 2 N–H and O–H groups in total. The third-order valence-electron chi connectivity index (χ3n) is 4.95. The molecule has 3 aromatic rings. The first-order chi connectivity index (χ1) is 16.0. The Morgan fingerprint density at radius 2 is 1.73 bits per heavy atom. The van der Waals surface area contributed by atoms with E-state index in [4.69, 9.17) is 44.6 Å². The van der Waals surface area contributed by atoms with Gasteiger partial charge in [0, 0.05) is 34.8 Å². The topological polar surface area (TPSA) is 66.7 Å². The van der Waals surface area contributed by atoms with Gasteiger partial charge in [-0.1, -0.05) is 23.2 Å². The molecule has 6 nitrogen and oxygen atoms in total. The Bertz CT molecular complexity index is 1170. The third kappa shape index (κ3) is 6.36. The molecule has 0 spiro atoms. The maximum atomic E-state index is 12.4. The summed E-state index contributed by atoms with van der Waals surface area (Å²) >= 11 is 17.4. The number of ether oxygens (including phenoxy) is 1. The molecule has 1 fully saturated rings. The van der Waals surface area contributed by atoms with Gasteiger partial charge in [-0.2, -0.15) is 0 Å². The number of halogens is 2. The van der Waals surface area contributed by atoms with Crippen LogP contribution in [0.4, 0.5) is 11.4 Å². The first-order valence-electron chi connectivity index (χ1n) is 10.3. The summed E-state index contributed by atoms with van der Waals surface area (Å²) in [5.41, 5.74) is 2.56. The van der Waals surface area contributed by atoms with Crippen molar-refractivity contribution >= 4 is 63.9 Å². The van der Waals surface area contributed by atoms with E-state index in [0.717, 1.165) is 30.0 Å². The maximum Gasteiger partial charge on any atom is 0.250 e. The van der Waals surface area contributed by atoms with Gasteiger partial charge < -0.3 is 19.4 Å². The highest BCUT2D eigenvalue weighted by molar-refractivity contribution is 7.80. The smallest absolute Gasteiger partial charge is 0.250 e. The van der Waals surface area contributed by atoms with E-state index in [-0.39, 0.29) is 11.0 Å². The molecule has 1 amide bonds. The lowest BCUT2D eigenvalue weighted by atomic mass is 10.2. The van der Waals surface area contributed by atoms with Crippen LogP contribution in [-0.4, -0.2) is 37.3 Å². The SMILES string of the molecule is O=C(C=Cc1ccc(-c2ccc(Cl)cc2)o1)NC(=S)Nc1cc(Cl)ccc1N1CCOCC1. The number of hydrogen-bond acceptors (Lipinski definition) is 5. The highest BCUT2D eigenvalue weighted by atomic mass is 35.5. The summed E-state index contributed by atoms with van der Waals surface area (Å²) in [4.78, 5) is 14.5. The van der Waals surface area contributed by atoms with Gasteiger partial charge in [-0.25, -0.2) is 0 Å². The lowest BCUT2D eigenvalue weighted by molar-refractivity contribution is -0.115. The van der Waals surface area contributed by atoms with Crippen LogP contribution in [0.25, 0.3) is 17.4 Å². The van der Waals surface area contributed by atoms with Crippen molar-refractivity contribution in [2.24, 2.45) is 0 Å². The molecular weight excluding hydrogens is 481 g/mol. The van der Waals surface area contributed by atoms with E-state index in [9.17, 15) is 4.79 Å². The predicted octanol–water partition coefficient (Wildman–Crippen LogP) is 5.62. The Morgan fingerprint density at radius 1 is 1.00 bits per heavy atom. The van der Waals surface area contributed by atoms with E-state index in [0.29, 0.717) is 34.8 Å². The summed E-state index contributed by atoms with van der Waals surface area (Å²) in [5, 5.41) is 7.11. The Kier molecular flexibility index (Phi) is 7.67. The van der Waals surface area contributed by atoms with Gasteiger partial charge in [0.1, 0.15) is 11.5 Å². The Balaban J connectivity index is 1.37. The zero-order valence-electron chi connectivity index (χ0n) is 17.5. The summed E-state index contributed by atoms with van der Waals surface area (Å²) in [6.07, 6.45) is 2.94. The van der Waals surface area contributed by atoms with Crippen molar-refractivity contribution < 1.29 is 13.9 Å². The number of nitrogens with zero attached hydrogens (tertiary/aromatic N) is 1. The average Bonchev–Trinajstić information content (AvgIpc) is 3.28. The lowest BCUT2D eigenvalue weighted by Crippen LogP contribution is -2.37. The van der Waals surface area contributed by atoms with Crippen LogP contribution in [-0.2, 0) is 9.53 Å². The molecule has 9 heteroatoms. The van der Waals surface area contributed by atoms with E-state index >= 15 is 0 Å². The maximum absolute atomic E-state index is 12.4. The molecule has 0 unspecified atom stereocenters. The number of thiocarbonyl (C=S) groups is 1. The molecule has 0 aliphatic carbocycles. The molecule has 33 heavy (non-hydrogen) atoms. The van der Waals surface area contributed by atoms with Crippen molar-refractivity contribution in [2.45, 2.75) is 0 Å². The largest absolute Gasteiger partial charge is 0.457 e. The second kappa shape index (κ2) is 10.9. The van der Waals surface area contributed by atoms with Crippen LogP contribution in [0, 0.1) is 0 Å². The van der Waals surface area contributed by atoms with E-state index in [1.54, 1.807) is 30.3 Å². The highest BCUT2D eigenvalue weighted by Gasteiger charge is 2.16. The van der Waals surface area contributed by atoms with Crippen LogP contribution >= 0.6 is 35.4 Å². The Morgan fingerprint density at radius 3 is 2.48 bits per heavy atom. The van der Waals surface area contributed by atoms with Crippen molar-refractivity contribution in [3.05, 3.63) is 76.5 Å². The minimum Gasteiger partial charge on any atom is -0.457 e. The molecule has 0 radical (unpaired) electrons. The molecule has 4 rings (SSSR count). The fraction of sp³-hybridized carbons (Fsp3) is 0.167. The van der Waals surface area contributed by atoms with Gasteiger partial charge in [0.15, 0.2) is 5.11 Å². The number of carbonyl (C=O) groups excluding carboxylic acids is 1. The molecule has 1 aliphatic heterocycles. The van der Waals surface area contributed by atoms with Gasteiger partial charge in [-0.15, -0.1) is 0 Å². The van der Waals surface area contributed by atoms with Gasteiger partial charge in [0.2, 0.25) is 5.91 Å². The molecule has 1 aliphatic rings. The quantitative estimate of drug-likeness (QED) is 0.349. The number of carbonyl (C=O) groups is 1. The number of amides is 1. The third-order valence-corrected chi connectivity index (χ3v) is 5.64. The van der Waals surface area contributed by atoms with Crippen LogP contribution in [0.15, 0.2) is 65.1 Å². The molecule has 2 heterocycles. The van der Waals surface area contributed by atoms with Crippen molar-refractivity contribution in [1.82, 2.24) is 5.32 Å². The monoisotopic (exact) mass is 501 g/mol. The summed E-state index contributed by atoms with van der Waals surface area (Å²) < 4.78 is 11.2. The molecule has 170 valence electrons. The molecule has 1 saturated heterocycles. The normalized spacial score (nSPS) is 13.8. The standard InChI is InChI=1S/C24H21Cl2N3O3S/c25-17-3-1-16(2-4-17)22-9-6-19(32-22)7-10-23(30)28-24(33)27-20-15-18(26)5-8-21(20)29-11-13-31-14-12-29/h1-10,15H,11-14H2,(H2,27,28,30,33). The van der Waals surface area contributed by atoms with Gasteiger partial charge in [-0.05, 0) is 72.9 Å². The van der Waals surface area contributed by atoms with E-state index < -0.39 is 0 Å². The van der Waals surface area contributed by atoms with E-state index in [1.807, 2.05) is 30.3 Å². The molecule has 1 aromatic heterocycles. The zero-order chi connectivity index (χ0) is 23.2. The fourth-order valence-electron chi connectivity index (χ4n) is 3.37. The van der Waals surface area contributed by atoms with Gasteiger partial charge >= 0.3 is 0 Å². The Hall–Kier alpha value is -2.84. The van der Waals surface area contributed by atoms with E-state index in [2.05, 4.69) is 15.5 Å². The zero-order valence-corrected chi connectivity index (χ0v) is 19.8. The van der Waals surface area contributed by atoms with Crippen LogP contribution in [0.3, 0.4) is 0 Å². The predicted molar refractivity (Wildman–Crippen MR) is 137 cm³/mol. The minimum atomic E-state index is -0.383. The van der Waals surface area contributed by atoms with Gasteiger partial charge in [0.25, 0.3) is 0 Å². The second-order valence-electron chi connectivity index (χ2n) is 7.25. The highest BCUT2D eigenvalue weighted by Crippen LogP contribution is 2.30. The number of rotatable bonds is 5. The van der Waals surface area contributed by atoms with Gasteiger partial charge in [-0.3, -0.25) is 10.1 Å². The molecule has 0 saturated carbocycles. The molecule has 2 aromatic carbocycles. The van der Waals surface area contributed by atoms with Crippen LogP contribution in [0.2, 0.25) is 10.0 Å². The number of nitrogens with one attached hydrogen (secondary N) is 2. The van der Waals surface area contributed by atoms with Crippen LogP contribution in [0.5, 0.6) is 0 Å². The second-order valence-corrected chi connectivity index (χ2v) is 8.53. The average molecular weight is 502 g/mol. The number of morpholine rings is 1. The van der Waals surface area contributed by atoms with E-state index in [1.165, 1.54) is 6.08 Å². The van der Waals surface area contributed by atoms with Gasteiger partial charge in [0.05, 0.1) is 24.6 Å². The molecular formula is C24H21Cl2N3O3S. The number of hydrogen-bond donors (Lipinski definition) is 2. The summed E-state index contributed by atoms with van der Waals surface area (Å²) in [6, 6.07) is 16.5.